The van der Waals surface area contributed by atoms with E-state index in [-0.39, 0.29) is 11.8 Å². The average molecular weight is 678 g/mol. The molecule has 1 heterocycles. The summed E-state index contributed by atoms with van der Waals surface area (Å²) in [6.45, 7) is 6.16. The van der Waals surface area contributed by atoms with Gasteiger partial charge in [0.15, 0.2) is 11.5 Å². The molecule has 0 fully saturated rings. The van der Waals surface area contributed by atoms with E-state index in [0.717, 1.165) is 35.1 Å². The lowest BCUT2D eigenvalue weighted by Crippen LogP contribution is -2.32. The van der Waals surface area contributed by atoms with E-state index in [1.165, 1.54) is 0 Å². The molecule has 0 radical (unpaired) electrons. The zero-order chi connectivity index (χ0) is 35.5. The number of nitrogens with zero attached hydrogens (tertiary/aromatic N) is 3. The highest BCUT2D eigenvalue weighted by Gasteiger charge is 2.34. The monoisotopic (exact) mass is 677 g/mol. The molecule has 0 atom stereocenters. The Morgan fingerprint density at radius 1 is 0.667 bits per heavy atom. The Morgan fingerprint density at radius 3 is 1.90 bits per heavy atom. The van der Waals surface area contributed by atoms with Crippen LogP contribution >= 0.6 is 0 Å². The molecule has 256 valence electrons. The van der Waals surface area contributed by atoms with Crippen LogP contribution in [0, 0.1) is 0 Å². The van der Waals surface area contributed by atoms with E-state index < -0.39 is 0 Å². The fraction of sp³-hybridized carbons (Fsp3) is 0.163. The number of carbonyl (C=O) groups excluding carboxylic acids is 2. The average Bonchev–Trinajstić information content (AvgIpc) is 3.19. The van der Waals surface area contributed by atoms with Crippen molar-refractivity contribution in [3.8, 4) is 23.0 Å². The largest absolute Gasteiger partial charge is 0.497 e. The zero-order valence-corrected chi connectivity index (χ0v) is 29.1. The minimum Gasteiger partial charge on any atom is -0.497 e. The lowest BCUT2D eigenvalue weighted by atomic mass is 10.00. The maximum absolute atomic E-state index is 14.6. The lowest BCUT2D eigenvalue weighted by molar-refractivity contribution is 0.0981. The van der Waals surface area contributed by atoms with Crippen molar-refractivity contribution >= 4 is 45.3 Å². The number of anilines is 4. The van der Waals surface area contributed by atoms with Crippen molar-refractivity contribution in [3.05, 3.63) is 144 Å². The molecule has 0 aliphatic carbocycles. The molecular weight excluding hydrogens is 638 g/mol. The van der Waals surface area contributed by atoms with Gasteiger partial charge in [-0.25, -0.2) is 0 Å². The summed E-state index contributed by atoms with van der Waals surface area (Å²) in [7, 11) is 3.20. The van der Waals surface area contributed by atoms with Crippen molar-refractivity contribution in [3.63, 3.8) is 0 Å². The van der Waals surface area contributed by atoms with Crippen molar-refractivity contribution < 1.29 is 23.8 Å². The lowest BCUT2D eigenvalue weighted by Gasteiger charge is -2.35. The van der Waals surface area contributed by atoms with E-state index in [2.05, 4.69) is 18.7 Å². The second-order valence-corrected chi connectivity index (χ2v) is 12.2. The van der Waals surface area contributed by atoms with E-state index in [4.69, 9.17) is 14.2 Å². The molecule has 2 amide bonds. The van der Waals surface area contributed by atoms with Crippen LogP contribution < -0.4 is 28.9 Å². The maximum Gasteiger partial charge on any atom is 0.263 e. The van der Waals surface area contributed by atoms with Crippen LogP contribution in [0.25, 0.3) is 10.8 Å². The molecule has 8 heteroatoms. The fourth-order valence-electron chi connectivity index (χ4n) is 6.64. The summed E-state index contributed by atoms with van der Waals surface area (Å²) >= 11 is 0. The van der Waals surface area contributed by atoms with Gasteiger partial charge in [-0.1, -0.05) is 54.6 Å². The highest BCUT2D eigenvalue weighted by Crippen LogP contribution is 2.53. The van der Waals surface area contributed by atoms with E-state index in [1.807, 2.05) is 78.9 Å². The number of ether oxygens (including phenoxy) is 3. The Morgan fingerprint density at radius 2 is 1.27 bits per heavy atom. The number of benzene rings is 6. The first-order chi connectivity index (χ1) is 24.9. The van der Waals surface area contributed by atoms with Crippen molar-refractivity contribution in [1.82, 2.24) is 0 Å². The van der Waals surface area contributed by atoms with Crippen LogP contribution in [0.4, 0.5) is 22.7 Å². The first-order valence-corrected chi connectivity index (χ1v) is 17.0. The minimum absolute atomic E-state index is 0.183. The summed E-state index contributed by atoms with van der Waals surface area (Å²) in [6.07, 6.45) is 0. The third-order valence-electron chi connectivity index (χ3n) is 9.31. The third kappa shape index (κ3) is 6.32. The molecule has 0 spiro atoms. The molecule has 0 unspecified atom stereocenters. The Labute approximate surface area is 298 Å². The number of fused-ring (bicyclic) bond motifs is 4. The fourth-order valence-corrected chi connectivity index (χ4v) is 6.64. The predicted molar refractivity (Wildman–Crippen MR) is 203 cm³/mol. The van der Waals surface area contributed by atoms with Crippen LogP contribution in [-0.2, 0) is 6.54 Å². The van der Waals surface area contributed by atoms with Gasteiger partial charge in [0.05, 0.1) is 32.1 Å². The summed E-state index contributed by atoms with van der Waals surface area (Å²) in [5.41, 5.74) is 4.86. The summed E-state index contributed by atoms with van der Waals surface area (Å²) in [5, 5.41) is 1.57. The van der Waals surface area contributed by atoms with Gasteiger partial charge in [0.1, 0.15) is 17.2 Å². The second kappa shape index (κ2) is 14.3. The van der Waals surface area contributed by atoms with Gasteiger partial charge in [-0.05, 0) is 80.1 Å². The Bertz CT molecular complexity index is 2200. The first kappa shape index (κ1) is 33.2. The van der Waals surface area contributed by atoms with Gasteiger partial charge in [0.25, 0.3) is 11.8 Å². The highest BCUT2D eigenvalue weighted by atomic mass is 16.5. The number of amides is 2. The predicted octanol–water partition coefficient (Wildman–Crippen LogP) is 9.63. The van der Waals surface area contributed by atoms with Crippen molar-refractivity contribution in [2.75, 3.05) is 42.0 Å². The van der Waals surface area contributed by atoms with Crippen molar-refractivity contribution in [2.45, 2.75) is 20.4 Å². The van der Waals surface area contributed by atoms with Gasteiger partial charge in [-0.3, -0.25) is 14.5 Å². The van der Waals surface area contributed by atoms with Crippen LogP contribution in [0.1, 0.15) is 40.1 Å². The van der Waals surface area contributed by atoms with Crippen LogP contribution in [0.2, 0.25) is 0 Å². The van der Waals surface area contributed by atoms with E-state index in [1.54, 1.807) is 72.6 Å². The van der Waals surface area contributed by atoms with Crippen LogP contribution in [-0.4, -0.2) is 39.1 Å². The zero-order valence-electron chi connectivity index (χ0n) is 29.1. The Balaban J connectivity index is 1.44. The van der Waals surface area contributed by atoms with Crippen LogP contribution in [0.3, 0.4) is 0 Å². The SMILES string of the molecule is CCN(CC)c1ccc2c(c1)Oc1cc(N(Cc3ccccc3)C(=O)c3ccc(OC)cc3)c3ccccc3c1N2C(=O)c1ccc(OC)cc1. The van der Waals surface area contributed by atoms with Gasteiger partial charge < -0.3 is 24.0 Å². The van der Waals surface area contributed by atoms with Gasteiger partial charge in [0.2, 0.25) is 0 Å². The molecule has 51 heavy (non-hydrogen) atoms. The summed E-state index contributed by atoms with van der Waals surface area (Å²) < 4.78 is 17.5. The number of hydrogen-bond donors (Lipinski definition) is 0. The molecule has 0 bridgehead atoms. The molecular formula is C43H39N3O5. The highest BCUT2D eigenvalue weighted by molar-refractivity contribution is 6.21. The molecule has 0 saturated heterocycles. The number of carbonyl (C=O) groups is 2. The number of hydrogen-bond acceptors (Lipinski definition) is 6. The molecule has 6 aromatic rings. The van der Waals surface area contributed by atoms with Crippen molar-refractivity contribution in [1.29, 1.82) is 0 Å². The molecule has 7 rings (SSSR count). The first-order valence-electron chi connectivity index (χ1n) is 17.0. The Kier molecular flexibility index (Phi) is 9.31. The molecule has 8 nitrogen and oxygen atoms in total. The van der Waals surface area contributed by atoms with E-state index in [9.17, 15) is 9.59 Å². The summed E-state index contributed by atoms with van der Waals surface area (Å²) in [4.78, 5) is 34.9. The smallest absolute Gasteiger partial charge is 0.263 e. The Hall–Kier alpha value is -6.28. The van der Waals surface area contributed by atoms with Gasteiger partial charge in [-0.2, -0.15) is 0 Å². The summed E-state index contributed by atoms with van der Waals surface area (Å²) in [6, 6.07) is 39.8. The number of methoxy groups -OCH3 is 2. The standard InChI is InChI=1S/C43H39N3O5/c1-5-44(6-2)32-20-25-37-39(26-32)51-40-27-38(45(28-29-12-8-7-9-13-29)42(47)30-16-21-33(49-3)22-17-30)35-14-10-11-15-36(35)41(40)46(37)43(48)31-18-23-34(50-4)24-19-31/h7-27H,5-6,28H2,1-4H3. The molecule has 0 saturated carbocycles. The van der Waals surface area contributed by atoms with Crippen LogP contribution in [0.5, 0.6) is 23.0 Å². The normalized spacial score (nSPS) is 11.6. The number of rotatable bonds is 10. The molecule has 1 aliphatic heterocycles. The molecule has 1 aliphatic rings. The molecule has 6 aromatic carbocycles. The van der Waals surface area contributed by atoms with E-state index >= 15 is 0 Å². The minimum atomic E-state index is -0.215. The maximum atomic E-state index is 14.6. The van der Waals surface area contributed by atoms with Crippen LogP contribution in [0.15, 0.2) is 127 Å². The quantitative estimate of drug-likeness (QED) is 0.144. The third-order valence-corrected chi connectivity index (χ3v) is 9.31. The second-order valence-electron chi connectivity index (χ2n) is 12.2. The molecule has 0 N–H and O–H groups in total. The van der Waals surface area contributed by atoms with Gasteiger partial charge in [0, 0.05) is 52.8 Å². The van der Waals surface area contributed by atoms with Crippen molar-refractivity contribution in [2.24, 2.45) is 0 Å². The topological polar surface area (TPSA) is 71.6 Å². The van der Waals surface area contributed by atoms with E-state index in [0.29, 0.717) is 57.7 Å². The summed E-state index contributed by atoms with van der Waals surface area (Å²) in [5.74, 6) is 1.94. The van der Waals surface area contributed by atoms with Gasteiger partial charge >= 0.3 is 0 Å². The van der Waals surface area contributed by atoms with Gasteiger partial charge in [-0.15, -0.1) is 0 Å². The molecule has 0 aromatic heterocycles.